The summed E-state index contributed by atoms with van der Waals surface area (Å²) in [7, 11) is 3.33. The molecule has 2 unspecified atom stereocenters. The summed E-state index contributed by atoms with van der Waals surface area (Å²) in [4.78, 5) is 18.1. The maximum absolute atomic E-state index is 12.9. The van der Waals surface area contributed by atoms with Gasteiger partial charge >= 0.3 is 0 Å². The van der Waals surface area contributed by atoms with Crippen molar-refractivity contribution < 1.29 is 14.3 Å². The van der Waals surface area contributed by atoms with Crippen molar-refractivity contribution in [2.75, 3.05) is 14.2 Å². The average molecular weight is 460 g/mol. The lowest BCUT2D eigenvalue weighted by Crippen LogP contribution is -2.29. The number of nitrogens with zero attached hydrogens (tertiary/aromatic N) is 1. The molecule has 1 aliphatic heterocycles. The Bertz CT molecular complexity index is 1220. The van der Waals surface area contributed by atoms with Gasteiger partial charge in [0, 0.05) is 33.2 Å². The maximum Gasteiger partial charge on any atom is 0.193 e. The van der Waals surface area contributed by atoms with Crippen molar-refractivity contribution >= 4 is 23.1 Å². The first kappa shape index (κ1) is 21.7. The minimum atomic E-state index is -0.0250. The van der Waals surface area contributed by atoms with E-state index in [1.807, 2.05) is 30.3 Å². The fourth-order valence-corrected chi connectivity index (χ4v) is 5.17. The molecule has 1 saturated carbocycles. The van der Waals surface area contributed by atoms with Crippen LogP contribution in [-0.2, 0) is 0 Å². The number of aliphatic imine (C=N–C) groups is 1. The highest BCUT2D eigenvalue weighted by Crippen LogP contribution is 2.44. The lowest BCUT2D eigenvalue weighted by molar-refractivity contribution is 0.103. The van der Waals surface area contributed by atoms with E-state index in [9.17, 15) is 4.79 Å². The van der Waals surface area contributed by atoms with Crippen molar-refractivity contribution in [2.45, 2.75) is 37.6 Å². The Hall–Kier alpha value is -3.11. The number of benzene rings is 3. The Kier molecular flexibility index (Phi) is 5.94. The molecule has 4 nitrogen and oxygen atoms in total. The van der Waals surface area contributed by atoms with Gasteiger partial charge in [-0.05, 0) is 54.8 Å². The highest BCUT2D eigenvalue weighted by atomic mass is 35.5. The Labute approximate surface area is 199 Å². The van der Waals surface area contributed by atoms with Gasteiger partial charge in [0.1, 0.15) is 0 Å². The van der Waals surface area contributed by atoms with Gasteiger partial charge < -0.3 is 9.47 Å². The highest BCUT2D eigenvalue weighted by Gasteiger charge is 2.34. The topological polar surface area (TPSA) is 47.9 Å². The summed E-state index contributed by atoms with van der Waals surface area (Å²) in [6.45, 7) is 0. The fourth-order valence-electron chi connectivity index (χ4n) is 5.05. The van der Waals surface area contributed by atoms with Crippen LogP contribution in [-0.4, -0.2) is 31.8 Å². The summed E-state index contributed by atoms with van der Waals surface area (Å²) < 4.78 is 11.2. The van der Waals surface area contributed by atoms with Gasteiger partial charge in [0.15, 0.2) is 17.3 Å². The largest absolute Gasteiger partial charge is 0.493 e. The van der Waals surface area contributed by atoms with Crippen LogP contribution in [0.5, 0.6) is 11.5 Å². The summed E-state index contributed by atoms with van der Waals surface area (Å²) in [6.07, 6.45) is 4.66. The number of ether oxygens (including phenoxy) is 2. The molecule has 0 bridgehead atoms. The Morgan fingerprint density at radius 1 is 0.879 bits per heavy atom. The van der Waals surface area contributed by atoms with Crippen LogP contribution in [0.3, 0.4) is 0 Å². The predicted molar refractivity (Wildman–Crippen MR) is 132 cm³/mol. The number of hydrogen-bond acceptors (Lipinski definition) is 4. The van der Waals surface area contributed by atoms with E-state index >= 15 is 0 Å². The molecule has 0 radical (unpaired) electrons. The quantitative estimate of drug-likeness (QED) is 0.411. The van der Waals surface area contributed by atoms with Crippen LogP contribution in [0.25, 0.3) is 0 Å². The number of methoxy groups -OCH3 is 2. The summed E-state index contributed by atoms with van der Waals surface area (Å²) >= 11 is 5.96. The van der Waals surface area contributed by atoms with Gasteiger partial charge in [0.05, 0.1) is 26.0 Å². The van der Waals surface area contributed by atoms with Gasteiger partial charge in [0.25, 0.3) is 0 Å². The van der Waals surface area contributed by atoms with Crippen molar-refractivity contribution in [1.82, 2.24) is 0 Å². The predicted octanol–water partition coefficient (Wildman–Crippen LogP) is 6.47. The molecule has 1 heterocycles. The molecule has 0 spiro atoms. The zero-order valence-electron chi connectivity index (χ0n) is 18.8. The van der Waals surface area contributed by atoms with Crippen molar-refractivity contribution in [2.24, 2.45) is 4.99 Å². The van der Waals surface area contributed by atoms with Crippen LogP contribution < -0.4 is 9.47 Å². The Morgan fingerprint density at radius 2 is 1.48 bits per heavy atom. The summed E-state index contributed by atoms with van der Waals surface area (Å²) in [6, 6.07) is 19.2. The van der Waals surface area contributed by atoms with E-state index < -0.39 is 0 Å². The molecular weight excluding hydrogens is 434 g/mol. The third-order valence-electron chi connectivity index (χ3n) is 6.76. The molecule has 3 aromatic carbocycles. The van der Waals surface area contributed by atoms with Gasteiger partial charge in [0.2, 0.25) is 0 Å². The number of ketones is 1. The third-order valence-corrected chi connectivity index (χ3v) is 7.01. The van der Waals surface area contributed by atoms with Gasteiger partial charge in [-0.25, -0.2) is 0 Å². The molecule has 168 valence electrons. The molecule has 0 aromatic heterocycles. The molecule has 0 N–H and O–H groups in total. The van der Waals surface area contributed by atoms with E-state index in [1.165, 1.54) is 18.4 Å². The molecule has 5 rings (SSSR count). The number of carbonyl (C=O) groups is 1. The standard InChI is InChI=1S/C28H26ClNO3/c1-32-25-15-22-21-5-3-4-6-24(21)30-27(23(22)16-26(25)33-2)17-7-9-18(10-8-17)28(31)19-11-13-20(29)14-12-19/h7-16,21,24H,3-6H2,1-2H3. The van der Waals surface area contributed by atoms with Gasteiger partial charge in [-0.3, -0.25) is 9.79 Å². The zero-order valence-corrected chi connectivity index (χ0v) is 19.6. The van der Waals surface area contributed by atoms with Crippen LogP contribution in [0.1, 0.15) is 64.2 Å². The SMILES string of the molecule is COc1cc2c(cc1OC)C1CCCCC1N=C2c1ccc(C(=O)c2ccc(Cl)cc2)cc1. The first-order valence-corrected chi connectivity index (χ1v) is 11.7. The normalized spacial score (nSPS) is 19.2. The van der Waals surface area contributed by atoms with Crippen LogP contribution in [0.15, 0.2) is 65.7 Å². The van der Waals surface area contributed by atoms with E-state index in [4.69, 9.17) is 26.1 Å². The second-order valence-electron chi connectivity index (χ2n) is 8.64. The van der Waals surface area contributed by atoms with E-state index in [-0.39, 0.29) is 11.8 Å². The summed E-state index contributed by atoms with van der Waals surface area (Å²) in [5.74, 6) is 1.84. The maximum atomic E-state index is 12.9. The summed E-state index contributed by atoms with van der Waals surface area (Å²) in [5.41, 5.74) is 5.59. The van der Waals surface area contributed by atoms with Crippen LogP contribution in [0.4, 0.5) is 0 Å². The van der Waals surface area contributed by atoms with E-state index in [0.717, 1.165) is 35.4 Å². The van der Waals surface area contributed by atoms with Crippen LogP contribution in [0.2, 0.25) is 5.02 Å². The summed E-state index contributed by atoms with van der Waals surface area (Å²) in [5, 5.41) is 0.615. The van der Waals surface area contributed by atoms with Crippen molar-refractivity contribution in [3.63, 3.8) is 0 Å². The lowest BCUT2D eigenvalue weighted by Gasteiger charge is -2.35. The van der Waals surface area contributed by atoms with Crippen molar-refractivity contribution in [3.8, 4) is 11.5 Å². The number of rotatable bonds is 5. The Morgan fingerprint density at radius 3 is 2.15 bits per heavy atom. The van der Waals surface area contributed by atoms with E-state index in [1.54, 1.807) is 38.5 Å². The van der Waals surface area contributed by atoms with E-state index in [0.29, 0.717) is 27.8 Å². The third kappa shape index (κ3) is 4.04. The molecule has 3 aromatic rings. The molecular formula is C28H26ClNO3. The minimum Gasteiger partial charge on any atom is -0.493 e. The van der Waals surface area contributed by atoms with Crippen LogP contribution in [0, 0.1) is 0 Å². The molecule has 0 amide bonds. The molecule has 1 fully saturated rings. The lowest BCUT2D eigenvalue weighted by atomic mass is 9.75. The molecule has 1 aliphatic carbocycles. The minimum absolute atomic E-state index is 0.0250. The number of hydrogen-bond donors (Lipinski definition) is 0. The number of halogens is 1. The number of carbonyl (C=O) groups excluding carboxylic acids is 1. The molecule has 5 heteroatoms. The van der Waals surface area contributed by atoms with Gasteiger partial charge in [-0.15, -0.1) is 0 Å². The molecule has 2 aliphatic rings. The average Bonchev–Trinajstić information content (AvgIpc) is 2.87. The molecule has 2 atom stereocenters. The molecule has 0 saturated heterocycles. The van der Waals surface area contributed by atoms with E-state index in [2.05, 4.69) is 6.07 Å². The van der Waals surface area contributed by atoms with Gasteiger partial charge in [-0.2, -0.15) is 0 Å². The zero-order chi connectivity index (χ0) is 22.9. The second-order valence-corrected chi connectivity index (χ2v) is 9.08. The van der Waals surface area contributed by atoms with Crippen molar-refractivity contribution in [1.29, 1.82) is 0 Å². The smallest absolute Gasteiger partial charge is 0.193 e. The first-order chi connectivity index (χ1) is 16.1. The highest BCUT2D eigenvalue weighted by molar-refractivity contribution is 6.30. The van der Waals surface area contributed by atoms with Gasteiger partial charge in [-0.1, -0.05) is 48.7 Å². The number of fused-ring (bicyclic) bond motifs is 3. The first-order valence-electron chi connectivity index (χ1n) is 11.3. The molecule has 33 heavy (non-hydrogen) atoms. The van der Waals surface area contributed by atoms with Crippen molar-refractivity contribution in [3.05, 3.63) is 93.5 Å². The second kappa shape index (κ2) is 9.03. The monoisotopic (exact) mass is 459 g/mol. The Balaban J connectivity index is 1.54. The fraction of sp³-hybridized carbons (Fsp3) is 0.286. The van der Waals surface area contributed by atoms with Crippen LogP contribution >= 0.6 is 11.6 Å².